The summed E-state index contributed by atoms with van der Waals surface area (Å²) in [6.45, 7) is 1.14. The lowest BCUT2D eigenvalue weighted by Gasteiger charge is -2.07. The number of carbonyl (C=O) groups excluding carboxylic acids is 1. The lowest BCUT2D eigenvalue weighted by molar-refractivity contribution is 0.0868. The first-order chi connectivity index (χ1) is 11.1. The van der Waals surface area contributed by atoms with E-state index in [1.165, 1.54) is 24.4 Å². The van der Waals surface area contributed by atoms with Crippen molar-refractivity contribution in [2.75, 3.05) is 26.4 Å². The van der Waals surface area contributed by atoms with Crippen molar-refractivity contribution in [1.29, 1.82) is 0 Å². The molecule has 0 fully saturated rings. The number of aromatic nitrogens is 2. The number of amides is 1. The Labute approximate surface area is 137 Å². The maximum absolute atomic E-state index is 13.2. The third kappa shape index (κ3) is 4.75. The second-order valence-electron chi connectivity index (χ2n) is 4.73. The third-order valence-electron chi connectivity index (χ3n) is 3.08. The molecule has 2 aromatic rings. The predicted octanol–water partition coefficient (Wildman–Crippen LogP) is 2.00. The van der Waals surface area contributed by atoms with Crippen molar-refractivity contribution in [2.45, 2.75) is 6.42 Å². The number of benzene rings is 1. The van der Waals surface area contributed by atoms with E-state index in [9.17, 15) is 9.18 Å². The highest BCUT2D eigenvalue weighted by atomic mass is 35.5. The van der Waals surface area contributed by atoms with Gasteiger partial charge >= 0.3 is 0 Å². The van der Waals surface area contributed by atoms with Gasteiger partial charge in [0.25, 0.3) is 5.91 Å². The van der Waals surface area contributed by atoms with Gasteiger partial charge in [0.2, 0.25) is 0 Å². The highest BCUT2D eigenvalue weighted by molar-refractivity contribution is 6.31. The molecule has 0 atom stereocenters. The summed E-state index contributed by atoms with van der Waals surface area (Å²) in [7, 11) is 0. The molecule has 1 amide bonds. The smallest absolute Gasteiger partial charge is 0.255 e. The first-order valence-electron chi connectivity index (χ1n) is 7.09. The first kappa shape index (κ1) is 17.4. The van der Waals surface area contributed by atoms with Gasteiger partial charge < -0.3 is 15.2 Å². The molecule has 0 saturated heterocycles. The Balaban J connectivity index is 1.97. The largest absolute Gasteiger partial charge is 0.394 e. The van der Waals surface area contributed by atoms with E-state index in [0.29, 0.717) is 36.4 Å². The zero-order valence-corrected chi connectivity index (χ0v) is 13.1. The second-order valence-corrected chi connectivity index (χ2v) is 5.14. The molecule has 1 aromatic carbocycles. The monoisotopic (exact) mass is 341 g/mol. The van der Waals surface area contributed by atoms with Gasteiger partial charge in [-0.1, -0.05) is 11.6 Å². The van der Waals surface area contributed by atoms with Crippen LogP contribution in [0.2, 0.25) is 5.02 Å². The Hall–Kier alpha value is -1.96. The number of carbonyl (C=O) groups is 1. The van der Waals surface area contributed by atoms with Gasteiger partial charge in [-0.3, -0.25) is 9.89 Å². The van der Waals surface area contributed by atoms with E-state index in [-0.39, 0.29) is 24.1 Å². The molecule has 1 heterocycles. The number of hydrogen-bond acceptors (Lipinski definition) is 4. The maximum Gasteiger partial charge on any atom is 0.255 e. The molecule has 0 unspecified atom stereocenters. The van der Waals surface area contributed by atoms with E-state index < -0.39 is 5.82 Å². The molecule has 124 valence electrons. The molecule has 0 aliphatic carbocycles. The predicted molar refractivity (Wildman–Crippen MR) is 83.8 cm³/mol. The van der Waals surface area contributed by atoms with E-state index in [4.69, 9.17) is 21.4 Å². The lowest BCUT2D eigenvalue weighted by Crippen LogP contribution is -2.25. The van der Waals surface area contributed by atoms with E-state index in [2.05, 4.69) is 15.5 Å². The molecule has 0 bridgehead atoms. The summed E-state index contributed by atoms with van der Waals surface area (Å²) >= 11 is 5.77. The Kier molecular flexibility index (Phi) is 6.52. The minimum atomic E-state index is -0.524. The molecule has 3 N–H and O–H groups in total. The van der Waals surface area contributed by atoms with Gasteiger partial charge in [0.15, 0.2) is 0 Å². The fourth-order valence-electron chi connectivity index (χ4n) is 1.97. The molecule has 0 spiro atoms. The molecule has 2 rings (SSSR count). The molecule has 0 saturated carbocycles. The Bertz CT molecular complexity index is 663. The molecule has 0 aliphatic rings. The van der Waals surface area contributed by atoms with Crippen molar-refractivity contribution in [3.63, 3.8) is 0 Å². The van der Waals surface area contributed by atoms with Gasteiger partial charge in [-0.25, -0.2) is 4.39 Å². The van der Waals surface area contributed by atoms with E-state index in [1.807, 2.05) is 0 Å². The number of aromatic amines is 1. The van der Waals surface area contributed by atoms with Crippen molar-refractivity contribution in [2.24, 2.45) is 0 Å². The van der Waals surface area contributed by atoms with Crippen LogP contribution >= 0.6 is 11.6 Å². The Morgan fingerprint density at radius 3 is 3.00 bits per heavy atom. The van der Waals surface area contributed by atoms with E-state index in [1.54, 1.807) is 0 Å². The van der Waals surface area contributed by atoms with Gasteiger partial charge in [0.05, 0.1) is 35.7 Å². The number of nitrogens with zero attached hydrogens (tertiary/aromatic N) is 1. The van der Waals surface area contributed by atoms with Crippen LogP contribution in [-0.4, -0.2) is 47.6 Å². The lowest BCUT2D eigenvalue weighted by atomic mass is 10.1. The molecule has 0 radical (unpaired) electrons. The first-order valence-corrected chi connectivity index (χ1v) is 7.47. The van der Waals surface area contributed by atoms with E-state index >= 15 is 0 Å². The number of aliphatic hydroxyl groups excluding tert-OH is 1. The number of hydrogen-bond donors (Lipinski definition) is 3. The average Bonchev–Trinajstić information content (AvgIpc) is 3.03. The molecule has 6 nitrogen and oxygen atoms in total. The topological polar surface area (TPSA) is 87.2 Å². The number of H-pyrrole nitrogens is 1. The van der Waals surface area contributed by atoms with Crippen LogP contribution in [0.5, 0.6) is 0 Å². The van der Waals surface area contributed by atoms with Gasteiger partial charge in [-0.05, 0) is 24.6 Å². The summed E-state index contributed by atoms with van der Waals surface area (Å²) < 4.78 is 18.3. The summed E-state index contributed by atoms with van der Waals surface area (Å²) in [6, 6.07) is 4.19. The third-order valence-corrected chi connectivity index (χ3v) is 3.37. The van der Waals surface area contributed by atoms with Crippen molar-refractivity contribution in [1.82, 2.24) is 15.5 Å². The fraction of sp³-hybridized carbons (Fsp3) is 0.333. The summed E-state index contributed by atoms with van der Waals surface area (Å²) in [5.41, 5.74) is 1.40. The average molecular weight is 342 g/mol. The number of halogens is 2. The van der Waals surface area contributed by atoms with Crippen LogP contribution in [0.3, 0.4) is 0 Å². The van der Waals surface area contributed by atoms with Crippen LogP contribution in [0.25, 0.3) is 11.3 Å². The van der Waals surface area contributed by atoms with Crippen LogP contribution in [0.4, 0.5) is 4.39 Å². The van der Waals surface area contributed by atoms with Crippen molar-refractivity contribution < 1.29 is 19.0 Å². The normalized spacial score (nSPS) is 10.7. The second kappa shape index (κ2) is 8.61. The van der Waals surface area contributed by atoms with Gasteiger partial charge in [-0.15, -0.1) is 0 Å². The summed E-state index contributed by atoms with van der Waals surface area (Å²) in [6.07, 6.45) is 2.03. The van der Waals surface area contributed by atoms with Crippen LogP contribution in [0.1, 0.15) is 16.8 Å². The minimum Gasteiger partial charge on any atom is -0.394 e. The SMILES string of the molecule is O=C(NCCCOCCO)c1cn[nH]c1-c1ccc(F)c(Cl)c1. The number of aliphatic hydroxyl groups is 1. The van der Waals surface area contributed by atoms with Crippen LogP contribution in [0.15, 0.2) is 24.4 Å². The Morgan fingerprint density at radius 1 is 1.43 bits per heavy atom. The van der Waals surface area contributed by atoms with Gasteiger partial charge in [0.1, 0.15) is 5.82 Å². The highest BCUT2D eigenvalue weighted by Gasteiger charge is 2.15. The van der Waals surface area contributed by atoms with Crippen molar-refractivity contribution >= 4 is 17.5 Å². The fourth-order valence-corrected chi connectivity index (χ4v) is 2.15. The zero-order valence-electron chi connectivity index (χ0n) is 12.3. The number of nitrogens with one attached hydrogen (secondary N) is 2. The molecule has 1 aromatic heterocycles. The molecular weight excluding hydrogens is 325 g/mol. The molecule has 8 heteroatoms. The molecule has 23 heavy (non-hydrogen) atoms. The number of rotatable bonds is 8. The molecular formula is C15H17ClFN3O3. The van der Waals surface area contributed by atoms with Crippen molar-refractivity contribution in [3.8, 4) is 11.3 Å². The van der Waals surface area contributed by atoms with E-state index in [0.717, 1.165) is 0 Å². The standard InChI is InChI=1S/C15H17ClFN3O3/c16-12-8-10(2-3-13(12)17)14-11(9-19-20-14)15(22)18-4-1-6-23-7-5-21/h2-3,8-9,21H,1,4-7H2,(H,18,22)(H,19,20). The highest BCUT2D eigenvalue weighted by Crippen LogP contribution is 2.25. The summed E-state index contributed by atoms with van der Waals surface area (Å²) in [4.78, 5) is 12.2. The quantitative estimate of drug-likeness (QED) is 0.641. The molecule has 0 aliphatic heterocycles. The van der Waals surface area contributed by atoms with Crippen LogP contribution in [-0.2, 0) is 4.74 Å². The zero-order chi connectivity index (χ0) is 16.7. The summed E-state index contributed by atoms with van der Waals surface area (Å²) in [5.74, 6) is -0.819. The minimum absolute atomic E-state index is 0.0228. The Morgan fingerprint density at radius 2 is 2.26 bits per heavy atom. The van der Waals surface area contributed by atoms with Gasteiger partial charge in [0, 0.05) is 18.7 Å². The maximum atomic E-state index is 13.2. The van der Waals surface area contributed by atoms with Crippen molar-refractivity contribution in [3.05, 3.63) is 40.8 Å². The van der Waals surface area contributed by atoms with Crippen LogP contribution < -0.4 is 5.32 Å². The van der Waals surface area contributed by atoms with Crippen LogP contribution in [0, 0.1) is 5.82 Å². The van der Waals surface area contributed by atoms with Gasteiger partial charge in [-0.2, -0.15) is 5.10 Å². The number of ether oxygens (including phenoxy) is 1. The summed E-state index contributed by atoms with van der Waals surface area (Å²) in [5, 5.41) is 17.9.